The van der Waals surface area contributed by atoms with Crippen molar-refractivity contribution in [2.24, 2.45) is 4.99 Å². The van der Waals surface area contributed by atoms with Crippen molar-refractivity contribution in [1.29, 1.82) is 0 Å². The molecule has 15 heavy (non-hydrogen) atoms. The number of hydrogen-bond acceptors (Lipinski definition) is 2. The van der Waals surface area contributed by atoms with E-state index in [-0.39, 0.29) is 11.4 Å². The van der Waals surface area contributed by atoms with Crippen LogP contribution in [-0.2, 0) is 4.79 Å². The Morgan fingerprint density at radius 2 is 1.93 bits per heavy atom. The fourth-order valence-electron chi connectivity index (χ4n) is 2.50. The Balaban J connectivity index is 1.76. The molecular weight excluding hydrogens is 190 g/mol. The summed E-state index contributed by atoms with van der Waals surface area (Å²) in [6.45, 7) is 0. The van der Waals surface area contributed by atoms with E-state index in [9.17, 15) is 4.79 Å². The summed E-state index contributed by atoms with van der Waals surface area (Å²) in [5.74, 6) is 0.867. The quantitative estimate of drug-likeness (QED) is 0.672. The van der Waals surface area contributed by atoms with E-state index in [1.165, 1.54) is 19.3 Å². The molecule has 2 N–H and O–H groups in total. The average molecular weight is 207 g/mol. The molecule has 0 aromatic carbocycles. The van der Waals surface area contributed by atoms with Crippen molar-refractivity contribution in [3.8, 4) is 0 Å². The van der Waals surface area contributed by atoms with Gasteiger partial charge in [0.2, 0.25) is 0 Å². The molecule has 0 aromatic rings. The largest absolute Gasteiger partial charge is 0.342 e. The van der Waals surface area contributed by atoms with Gasteiger partial charge in [0.25, 0.3) is 5.91 Å². The Kier molecular flexibility index (Phi) is 1.97. The normalized spacial score (nSPS) is 31.7. The molecular formula is C11H17N3O. The first-order chi connectivity index (χ1) is 7.28. The summed E-state index contributed by atoms with van der Waals surface area (Å²) in [6, 6.07) is 0.464. The summed E-state index contributed by atoms with van der Waals surface area (Å²) in [6.07, 6.45) is 7.83. The van der Waals surface area contributed by atoms with E-state index in [1.54, 1.807) is 0 Å². The van der Waals surface area contributed by atoms with Crippen LogP contribution in [0.3, 0.4) is 0 Å². The molecule has 1 saturated heterocycles. The maximum atomic E-state index is 11.9. The third-order valence-electron chi connectivity index (χ3n) is 3.59. The standard InChI is InChI=1S/C11H17N3O/c15-9-11(6-2-1-3-7-11)14-10(13-9)12-8-4-5-8/h8H,1-7H2,(H2,12,13,14,15). The lowest BCUT2D eigenvalue weighted by atomic mass is 9.82. The second-order valence-electron chi connectivity index (χ2n) is 4.93. The third kappa shape index (κ3) is 1.62. The highest BCUT2D eigenvalue weighted by Gasteiger charge is 2.45. The Labute approximate surface area is 89.5 Å². The van der Waals surface area contributed by atoms with Crippen molar-refractivity contribution in [3.05, 3.63) is 0 Å². The van der Waals surface area contributed by atoms with E-state index in [4.69, 9.17) is 0 Å². The monoisotopic (exact) mass is 207 g/mol. The molecule has 0 aromatic heterocycles. The Bertz CT molecular complexity index is 314. The molecule has 0 bridgehead atoms. The van der Waals surface area contributed by atoms with Crippen LogP contribution in [0.2, 0.25) is 0 Å². The first kappa shape index (κ1) is 9.19. The van der Waals surface area contributed by atoms with Crippen LogP contribution in [0.4, 0.5) is 0 Å². The number of hydrogen-bond donors (Lipinski definition) is 2. The Morgan fingerprint density at radius 3 is 2.60 bits per heavy atom. The van der Waals surface area contributed by atoms with Crippen molar-refractivity contribution >= 4 is 11.9 Å². The van der Waals surface area contributed by atoms with Gasteiger partial charge in [0.15, 0.2) is 5.96 Å². The van der Waals surface area contributed by atoms with Gasteiger partial charge in [-0.15, -0.1) is 0 Å². The van der Waals surface area contributed by atoms with E-state index >= 15 is 0 Å². The van der Waals surface area contributed by atoms with Gasteiger partial charge in [-0.1, -0.05) is 19.3 Å². The molecule has 2 aliphatic carbocycles. The van der Waals surface area contributed by atoms with Gasteiger partial charge in [-0.05, 0) is 25.7 Å². The van der Waals surface area contributed by atoms with E-state index in [2.05, 4.69) is 15.6 Å². The molecule has 3 fully saturated rings. The lowest BCUT2D eigenvalue weighted by molar-refractivity contribution is -0.125. The zero-order valence-corrected chi connectivity index (χ0v) is 8.88. The van der Waals surface area contributed by atoms with Gasteiger partial charge < -0.3 is 5.32 Å². The van der Waals surface area contributed by atoms with Crippen molar-refractivity contribution in [3.63, 3.8) is 0 Å². The van der Waals surface area contributed by atoms with Gasteiger partial charge in [0, 0.05) is 0 Å². The van der Waals surface area contributed by atoms with Crippen LogP contribution in [-0.4, -0.2) is 23.4 Å². The van der Waals surface area contributed by atoms with Crippen LogP contribution in [0.5, 0.6) is 0 Å². The Hall–Kier alpha value is -1.06. The number of rotatable bonds is 1. The number of carbonyl (C=O) groups excluding carboxylic acids is 1. The average Bonchev–Trinajstić information content (AvgIpc) is 2.98. The summed E-state index contributed by atoms with van der Waals surface area (Å²) in [4.78, 5) is 16.4. The molecule has 3 aliphatic rings. The minimum atomic E-state index is -0.314. The van der Waals surface area contributed by atoms with Gasteiger partial charge in [-0.3, -0.25) is 10.1 Å². The van der Waals surface area contributed by atoms with Gasteiger partial charge in [0.05, 0.1) is 6.04 Å². The molecule has 2 saturated carbocycles. The van der Waals surface area contributed by atoms with Crippen molar-refractivity contribution in [2.75, 3.05) is 0 Å². The minimum Gasteiger partial charge on any atom is -0.342 e. The fourth-order valence-corrected chi connectivity index (χ4v) is 2.50. The Morgan fingerprint density at radius 1 is 1.20 bits per heavy atom. The second-order valence-corrected chi connectivity index (χ2v) is 4.93. The van der Waals surface area contributed by atoms with Gasteiger partial charge in [0.1, 0.15) is 5.54 Å². The highest BCUT2D eigenvalue weighted by atomic mass is 16.2. The number of guanidine groups is 1. The summed E-state index contributed by atoms with van der Waals surface area (Å²) in [5, 5.41) is 6.20. The molecule has 0 unspecified atom stereocenters. The molecule has 1 amide bonds. The third-order valence-corrected chi connectivity index (χ3v) is 3.59. The molecule has 3 rings (SSSR count). The zero-order chi connectivity index (χ0) is 10.3. The van der Waals surface area contributed by atoms with Crippen LogP contribution in [0.15, 0.2) is 4.99 Å². The molecule has 4 heteroatoms. The predicted molar refractivity (Wildman–Crippen MR) is 57.6 cm³/mol. The second kappa shape index (κ2) is 3.22. The van der Waals surface area contributed by atoms with Crippen molar-refractivity contribution < 1.29 is 4.79 Å². The molecule has 0 atom stereocenters. The fraction of sp³-hybridized carbons (Fsp3) is 0.818. The number of aliphatic imine (C=N–C) groups is 1. The van der Waals surface area contributed by atoms with Crippen LogP contribution in [0.1, 0.15) is 44.9 Å². The predicted octanol–water partition coefficient (Wildman–Crippen LogP) is 0.927. The molecule has 4 nitrogen and oxygen atoms in total. The minimum absolute atomic E-state index is 0.140. The van der Waals surface area contributed by atoms with Gasteiger partial charge in [-0.2, -0.15) is 0 Å². The maximum absolute atomic E-state index is 11.9. The highest BCUT2D eigenvalue weighted by Crippen LogP contribution is 2.31. The van der Waals surface area contributed by atoms with E-state index < -0.39 is 0 Å². The SMILES string of the molecule is O=C1NC(=NC2CC2)NC12CCCCC2. The smallest absolute Gasteiger partial charge is 0.252 e. The number of nitrogens with one attached hydrogen (secondary N) is 2. The molecule has 0 radical (unpaired) electrons. The molecule has 82 valence electrons. The van der Waals surface area contributed by atoms with Crippen LogP contribution in [0, 0.1) is 0 Å². The van der Waals surface area contributed by atoms with E-state index in [1.807, 2.05) is 0 Å². The lowest BCUT2D eigenvalue weighted by Gasteiger charge is -2.30. The molecule has 1 spiro atoms. The van der Waals surface area contributed by atoms with Crippen molar-refractivity contribution in [1.82, 2.24) is 10.6 Å². The summed E-state index contributed by atoms with van der Waals surface area (Å²) in [7, 11) is 0. The van der Waals surface area contributed by atoms with Crippen LogP contribution >= 0.6 is 0 Å². The molecule has 1 heterocycles. The topological polar surface area (TPSA) is 53.5 Å². The first-order valence-corrected chi connectivity index (χ1v) is 5.96. The number of amides is 1. The van der Waals surface area contributed by atoms with Crippen molar-refractivity contribution in [2.45, 2.75) is 56.5 Å². The van der Waals surface area contributed by atoms with Gasteiger partial charge in [-0.25, -0.2) is 4.99 Å². The van der Waals surface area contributed by atoms with E-state index in [0.717, 1.165) is 31.6 Å². The zero-order valence-electron chi connectivity index (χ0n) is 8.88. The summed E-state index contributed by atoms with van der Waals surface area (Å²) in [5.41, 5.74) is -0.314. The van der Waals surface area contributed by atoms with E-state index in [0.29, 0.717) is 6.04 Å². The highest BCUT2D eigenvalue weighted by molar-refractivity contribution is 6.09. The lowest BCUT2D eigenvalue weighted by Crippen LogP contribution is -2.48. The first-order valence-electron chi connectivity index (χ1n) is 5.96. The summed E-state index contributed by atoms with van der Waals surface area (Å²) < 4.78 is 0. The molecule has 1 aliphatic heterocycles. The number of nitrogens with zero attached hydrogens (tertiary/aromatic N) is 1. The maximum Gasteiger partial charge on any atom is 0.252 e. The summed E-state index contributed by atoms with van der Waals surface area (Å²) >= 11 is 0. The van der Waals surface area contributed by atoms with Crippen LogP contribution in [0.25, 0.3) is 0 Å². The van der Waals surface area contributed by atoms with Gasteiger partial charge >= 0.3 is 0 Å². The number of carbonyl (C=O) groups is 1. The van der Waals surface area contributed by atoms with Crippen LogP contribution < -0.4 is 10.6 Å².